The number of halogens is 2. The van der Waals surface area contributed by atoms with Crippen molar-refractivity contribution in [1.82, 2.24) is 10.2 Å². The van der Waals surface area contributed by atoms with Crippen LogP contribution in [-0.2, 0) is 38.3 Å². The molecule has 0 radical (unpaired) electrons. The lowest BCUT2D eigenvalue weighted by atomic mass is 10.0. The molecule has 2 amide bonds. The van der Waals surface area contributed by atoms with E-state index < -0.39 is 62.5 Å². The number of β-lactam (4-membered cyclic amide) rings is 1. The van der Waals surface area contributed by atoms with Crippen LogP contribution >= 0.6 is 35.0 Å². The van der Waals surface area contributed by atoms with Gasteiger partial charge in [0.1, 0.15) is 29.3 Å². The van der Waals surface area contributed by atoms with E-state index in [9.17, 15) is 24.0 Å². The predicted octanol–water partition coefficient (Wildman–Crippen LogP) is 1.89. The van der Waals surface area contributed by atoms with Crippen LogP contribution in [0.3, 0.4) is 0 Å². The third kappa shape index (κ3) is 7.05. The van der Waals surface area contributed by atoms with Gasteiger partial charge in [-0.25, -0.2) is 9.59 Å². The van der Waals surface area contributed by atoms with Gasteiger partial charge < -0.3 is 24.0 Å². The number of ether oxygens (including phenoxy) is 2. The average molecular weight is 576 g/mol. The summed E-state index contributed by atoms with van der Waals surface area (Å²) in [5.74, 6) is -3.96. The Bertz CT molecular complexity index is 1140. The molecule has 200 valence electrons. The smallest absolute Gasteiger partial charge is 0.367 e. The molecule has 2 aliphatic rings. The van der Waals surface area contributed by atoms with Crippen LogP contribution in [0.2, 0.25) is 0 Å². The first kappa shape index (κ1) is 28.5. The lowest BCUT2D eigenvalue weighted by Crippen LogP contribution is -2.71. The van der Waals surface area contributed by atoms with Gasteiger partial charge in [0.2, 0.25) is 10.5 Å². The Morgan fingerprint density at radius 1 is 1.27 bits per heavy atom. The van der Waals surface area contributed by atoms with Crippen molar-refractivity contribution in [1.29, 1.82) is 0 Å². The van der Waals surface area contributed by atoms with Gasteiger partial charge in [-0.1, -0.05) is 28.4 Å². The van der Waals surface area contributed by atoms with E-state index in [1.165, 1.54) is 48.1 Å². The Labute approximate surface area is 225 Å². The molecule has 1 aromatic rings. The molecule has 0 aliphatic carbocycles. The first-order chi connectivity index (χ1) is 17.3. The number of thioether (sulfide) groups is 1. The van der Waals surface area contributed by atoms with Crippen molar-refractivity contribution < 1.29 is 42.7 Å². The summed E-state index contributed by atoms with van der Waals surface area (Å²) in [5.41, 5.74) is -1.32. The van der Waals surface area contributed by atoms with Crippen molar-refractivity contribution in [2.45, 2.75) is 54.8 Å². The summed E-state index contributed by atoms with van der Waals surface area (Å²) >= 11 is 12.1. The van der Waals surface area contributed by atoms with Crippen molar-refractivity contribution in [2.75, 3.05) is 6.61 Å². The predicted molar refractivity (Wildman–Crippen MR) is 131 cm³/mol. The molecule has 1 saturated heterocycles. The van der Waals surface area contributed by atoms with Crippen LogP contribution in [0.15, 0.2) is 39.7 Å². The molecular weight excluding hydrogens is 553 g/mol. The zero-order chi connectivity index (χ0) is 27.5. The molecule has 37 heavy (non-hydrogen) atoms. The summed E-state index contributed by atoms with van der Waals surface area (Å²) in [6, 6.07) is 1.75. The number of nitrogens with one attached hydrogen (secondary N) is 1. The third-order valence-electron chi connectivity index (χ3n) is 4.68. The normalized spacial score (nSPS) is 21.4. The fraction of sp³-hybridized carbons (Fsp3) is 0.455. The number of furan rings is 1. The number of hydrogen-bond acceptors (Lipinski definition) is 11. The number of fused-ring (bicyclic) bond motifs is 1. The van der Waals surface area contributed by atoms with E-state index in [2.05, 4.69) is 15.3 Å². The van der Waals surface area contributed by atoms with Crippen molar-refractivity contribution in [3.05, 3.63) is 35.9 Å². The van der Waals surface area contributed by atoms with Crippen LogP contribution in [-0.4, -0.2) is 74.0 Å². The van der Waals surface area contributed by atoms with Gasteiger partial charge in [-0.2, -0.15) is 0 Å². The van der Waals surface area contributed by atoms with E-state index in [1.807, 2.05) is 0 Å². The number of carbonyl (C=O) groups is 5. The van der Waals surface area contributed by atoms with Crippen LogP contribution in [0.25, 0.3) is 0 Å². The Kier molecular flexibility index (Phi) is 8.92. The highest BCUT2D eigenvalue weighted by atomic mass is 35.5. The van der Waals surface area contributed by atoms with Gasteiger partial charge in [0.15, 0.2) is 5.76 Å². The maximum Gasteiger partial charge on any atom is 0.367 e. The summed E-state index contributed by atoms with van der Waals surface area (Å²) < 4.78 is 15.7. The van der Waals surface area contributed by atoms with Crippen molar-refractivity contribution in [2.24, 2.45) is 5.16 Å². The molecule has 1 N–H and O–H groups in total. The third-order valence-corrected chi connectivity index (χ3v) is 6.42. The summed E-state index contributed by atoms with van der Waals surface area (Å²) in [7, 11) is 0. The fourth-order valence-electron chi connectivity index (χ4n) is 3.20. The fourth-order valence-corrected chi connectivity index (χ4v) is 4.68. The second-order valence-electron chi connectivity index (χ2n) is 8.71. The number of carbonyl (C=O) groups excluding carboxylic acids is 5. The van der Waals surface area contributed by atoms with E-state index >= 15 is 0 Å². The van der Waals surface area contributed by atoms with E-state index in [-0.39, 0.29) is 18.1 Å². The number of esters is 2. The molecule has 1 fully saturated rings. The van der Waals surface area contributed by atoms with E-state index in [0.717, 1.165) is 0 Å². The van der Waals surface area contributed by atoms with Gasteiger partial charge >= 0.3 is 17.9 Å². The molecule has 1 aromatic heterocycles. The molecule has 3 heterocycles. The quantitative estimate of drug-likeness (QED) is 0.121. The SMILES string of the molecule is CC(=O)OCC1C=C(C(=O)OC(C)(C)C)N2C(=O)[C@@H](NC(=O)C(=NOC(=O)C(Cl)Cl)c3ccco3)[C@H]2S1. The lowest BCUT2D eigenvalue weighted by Gasteiger charge is -2.50. The Balaban J connectivity index is 1.83. The minimum atomic E-state index is -1.54. The molecule has 1 unspecified atom stereocenters. The highest BCUT2D eigenvalue weighted by Gasteiger charge is 2.55. The number of amides is 2. The van der Waals surface area contributed by atoms with Gasteiger partial charge in [-0.15, -0.1) is 11.8 Å². The molecule has 3 atom stereocenters. The summed E-state index contributed by atoms with van der Waals surface area (Å²) in [6.07, 6.45) is 2.74. The van der Waals surface area contributed by atoms with Crippen LogP contribution in [0.1, 0.15) is 33.5 Å². The van der Waals surface area contributed by atoms with E-state index in [1.54, 1.807) is 20.8 Å². The highest BCUT2D eigenvalue weighted by Crippen LogP contribution is 2.41. The zero-order valence-electron chi connectivity index (χ0n) is 20.1. The second-order valence-corrected chi connectivity index (χ2v) is 11.2. The van der Waals surface area contributed by atoms with Gasteiger partial charge in [0.25, 0.3) is 11.8 Å². The number of oxime groups is 1. The molecule has 15 heteroatoms. The Morgan fingerprint density at radius 2 is 1.97 bits per heavy atom. The van der Waals surface area contributed by atoms with Crippen LogP contribution < -0.4 is 5.32 Å². The number of hydrogen-bond donors (Lipinski definition) is 1. The summed E-state index contributed by atoms with van der Waals surface area (Å²) in [5, 5.41) is 4.76. The maximum absolute atomic E-state index is 13.0. The molecular formula is C22H23Cl2N3O9S. The molecule has 12 nitrogen and oxygen atoms in total. The average Bonchev–Trinajstić information content (AvgIpc) is 3.33. The van der Waals surface area contributed by atoms with Crippen molar-refractivity contribution in [3.63, 3.8) is 0 Å². The van der Waals surface area contributed by atoms with Gasteiger partial charge in [0.05, 0.1) is 11.5 Å². The molecule has 0 aromatic carbocycles. The maximum atomic E-state index is 13.0. The standard InChI is InChI=1S/C22H23Cl2N3O9S/c1-10(28)34-9-11-8-12(20(31)35-22(2,3)4)27-18(30)15(19(27)37-11)25-17(29)14(13-6-5-7-33-13)26-36-21(32)16(23)24/h5-8,11,15-16,19H,9H2,1-4H3,(H,25,29)/t11?,15-,19-/m1/s1. The van der Waals surface area contributed by atoms with Crippen LogP contribution in [0.5, 0.6) is 0 Å². The first-order valence-electron chi connectivity index (χ1n) is 10.8. The van der Waals surface area contributed by atoms with Crippen LogP contribution in [0.4, 0.5) is 0 Å². The molecule has 0 saturated carbocycles. The van der Waals surface area contributed by atoms with Crippen molar-refractivity contribution in [3.8, 4) is 0 Å². The molecule has 3 rings (SSSR count). The molecule has 0 bridgehead atoms. The topological polar surface area (TPSA) is 154 Å². The van der Waals surface area contributed by atoms with Crippen LogP contribution in [0, 0.1) is 0 Å². The minimum Gasteiger partial charge on any atom is -0.464 e. The number of alkyl halides is 2. The number of nitrogens with zero attached hydrogens (tertiary/aromatic N) is 2. The summed E-state index contributed by atoms with van der Waals surface area (Å²) in [4.78, 5) is 66.1. The molecule has 0 spiro atoms. The second kappa shape index (κ2) is 11.6. The molecule has 2 aliphatic heterocycles. The Hall–Kier alpha value is -3.03. The van der Waals surface area contributed by atoms with Gasteiger partial charge in [-0.05, 0) is 39.0 Å². The monoisotopic (exact) mass is 575 g/mol. The zero-order valence-corrected chi connectivity index (χ0v) is 22.4. The van der Waals surface area contributed by atoms with Gasteiger partial charge in [0, 0.05) is 6.92 Å². The first-order valence-corrected chi connectivity index (χ1v) is 12.6. The highest BCUT2D eigenvalue weighted by molar-refractivity contribution is 8.00. The Morgan fingerprint density at radius 3 is 2.54 bits per heavy atom. The lowest BCUT2D eigenvalue weighted by molar-refractivity contribution is -0.158. The van der Waals surface area contributed by atoms with Gasteiger partial charge in [-0.3, -0.25) is 19.3 Å². The summed E-state index contributed by atoms with van der Waals surface area (Å²) in [6.45, 7) is 6.20. The minimum absolute atomic E-state index is 0.0320. The number of rotatable bonds is 8. The largest absolute Gasteiger partial charge is 0.464 e. The van der Waals surface area contributed by atoms with Crippen molar-refractivity contribution >= 4 is 70.4 Å². The van der Waals surface area contributed by atoms with E-state index in [4.69, 9.17) is 37.1 Å². The van der Waals surface area contributed by atoms with E-state index in [0.29, 0.717) is 0 Å².